The number of anilines is 1. The maximum Gasteiger partial charge on any atom is 0.336 e. The first-order valence-corrected chi connectivity index (χ1v) is 6.86. The largest absolute Gasteiger partial charge is 0.478 e. The van der Waals surface area contributed by atoms with Gasteiger partial charge in [-0.15, -0.1) is 0 Å². The van der Waals surface area contributed by atoms with Gasteiger partial charge < -0.3 is 10.0 Å². The van der Waals surface area contributed by atoms with Gasteiger partial charge in [-0.1, -0.05) is 22.0 Å². The highest BCUT2D eigenvalue weighted by molar-refractivity contribution is 9.09. The number of alkyl halides is 1. The van der Waals surface area contributed by atoms with E-state index < -0.39 is 5.97 Å². The van der Waals surface area contributed by atoms with Crippen LogP contribution in [0.3, 0.4) is 0 Å². The molecule has 1 aliphatic rings. The van der Waals surface area contributed by atoms with Gasteiger partial charge in [0.25, 0.3) is 0 Å². The Morgan fingerprint density at radius 1 is 1.56 bits per heavy atom. The molecular weight excluding hydrogens is 298 g/mol. The number of carbonyl (C=O) groups excluding carboxylic acids is 1. The standard InChI is InChI=1S/C13H14BrNO3/c1-8-10(13(17)18)3-2-4-11(8)15-7-9(6-14)5-12(15)16/h2-4,9H,5-7H2,1H3,(H,17,18). The van der Waals surface area contributed by atoms with Gasteiger partial charge in [-0.2, -0.15) is 0 Å². The number of nitrogens with zero attached hydrogens (tertiary/aromatic N) is 1. The average Bonchev–Trinajstić information content (AvgIpc) is 2.70. The van der Waals surface area contributed by atoms with Gasteiger partial charge in [-0.05, 0) is 30.5 Å². The molecule has 0 aliphatic carbocycles. The van der Waals surface area contributed by atoms with E-state index >= 15 is 0 Å². The van der Waals surface area contributed by atoms with Crippen LogP contribution in [0, 0.1) is 12.8 Å². The Morgan fingerprint density at radius 2 is 2.28 bits per heavy atom. The van der Waals surface area contributed by atoms with Crippen LogP contribution in [0.1, 0.15) is 22.3 Å². The van der Waals surface area contributed by atoms with E-state index in [0.717, 1.165) is 5.33 Å². The van der Waals surface area contributed by atoms with Gasteiger partial charge in [0.2, 0.25) is 5.91 Å². The number of hydrogen-bond acceptors (Lipinski definition) is 2. The Balaban J connectivity index is 2.37. The van der Waals surface area contributed by atoms with Gasteiger partial charge in [0.15, 0.2) is 0 Å². The number of carboxylic acids is 1. The van der Waals surface area contributed by atoms with Crippen LogP contribution in [0.5, 0.6) is 0 Å². The fraction of sp³-hybridized carbons (Fsp3) is 0.385. The zero-order chi connectivity index (χ0) is 13.3. The van der Waals surface area contributed by atoms with Gasteiger partial charge in [-0.3, -0.25) is 4.79 Å². The Morgan fingerprint density at radius 3 is 2.83 bits per heavy atom. The van der Waals surface area contributed by atoms with Crippen LogP contribution in [0.25, 0.3) is 0 Å². The predicted octanol–water partition coefficient (Wildman–Crippen LogP) is 2.44. The first kappa shape index (κ1) is 13.1. The normalized spacial score (nSPS) is 19.3. The smallest absolute Gasteiger partial charge is 0.336 e. The van der Waals surface area contributed by atoms with Gasteiger partial charge in [0.1, 0.15) is 0 Å². The van der Waals surface area contributed by atoms with Crippen LogP contribution in [-0.4, -0.2) is 28.9 Å². The Labute approximate surface area is 114 Å². The summed E-state index contributed by atoms with van der Waals surface area (Å²) in [5.74, 6) is -0.603. The summed E-state index contributed by atoms with van der Waals surface area (Å²) in [5.41, 5.74) is 1.61. The molecule has 1 heterocycles. The summed E-state index contributed by atoms with van der Waals surface area (Å²) >= 11 is 3.39. The van der Waals surface area contributed by atoms with E-state index in [0.29, 0.717) is 30.1 Å². The predicted molar refractivity (Wildman–Crippen MR) is 72.4 cm³/mol. The summed E-state index contributed by atoms with van der Waals surface area (Å²) < 4.78 is 0. The van der Waals surface area contributed by atoms with Crippen LogP contribution in [0.2, 0.25) is 0 Å². The van der Waals surface area contributed by atoms with Gasteiger partial charge in [0.05, 0.1) is 5.56 Å². The average molecular weight is 312 g/mol. The molecule has 1 saturated heterocycles. The summed E-state index contributed by atoms with van der Waals surface area (Å²) in [6.45, 7) is 2.39. The van der Waals surface area contributed by atoms with E-state index in [1.54, 1.807) is 30.0 Å². The molecule has 96 valence electrons. The second kappa shape index (κ2) is 5.10. The highest BCUT2D eigenvalue weighted by atomic mass is 79.9. The molecule has 1 aromatic carbocycles. The molecule has 0 aromatic heterocycles. The SMILES string of the molecule is Cc1c(C(=O)O)cccc1N1CC(CBr)CC1=O. The van der Waals surface area contributed by atoms with Gasteiger partial charge >= 0.3 is 5.97 Å². The van der Waals surface area contributed by atoms with Crippen LogP contribution in [-0.2, 0) is 4.79 Å². The number of hydrogen-bond donors (Lipinski definition) is 1. The van der Waals surface area contributed by atoms with E-state index in [9.17, 15) is 9.59 Å². The zero-order valence-corrected chi connectivity index (χ0v) is 11.6. The molecule has 0 radical (unpaired) electrons. The molecule has 0 spiro atoms. The Bertz CT molecular complexity index is 501. The van der Waals surface area contributed by atoms with Crippen LogP contribution in [0.15, 0.2) is 18.2 Å². The third-order valence-electron chi connectivity index (χ3n) is 3.25. The van der Waals surface area contributed by atoms with E-state index in [1.807, 2.05) is 0 Å². The van der Waals surface area contributed by atoms with E-state index in [1.165, 1.54) is 0 Å². The quantitative estimate of drug-likeness (QED) is 0.872. The van der Waals surface area contributed by atoms with Gasteiger partial charge in [0, 0.05) is 24.0 Å². The fourth-order valence-corrected chi connectivity index (χ4v) is 2.70. The topological polar surface area (TPSA) is 57.6 Å². The van der Waals surface area contributed by atoms with Crippen molar-refractivity contribution in [1.29, 1.82) is 0 Å². The Kier molecular flexibility index (Phi) is 3.71. The van der Waals surface area contributed by atoms with Crippen molar-refractivity contribution >= 4 is 33.5 Å². The van der Waals surface area contributed by atoms with Crippen molar-refractivity contribution in [3.63, 3.8) is 0 Å². The summed E-state index contributed by atoms with van der Waals surface area (Å²) in [7, 11) is 0. The monoisotopic (exact) mass is 311 g/mol. The van der Waals surface area contributed by atoms with Crippen LogP contribution < -0.4 is 4.90 Å². The number of aromatic carboxylic acids is 1. The zero-order valence-electron chi connectivity index (χ0n) is 10.0. The maximum absolute atomic E-state index is 11.9. The summed E-state index contributed by atoms with van der Waals surface area (Å²) in [6.07, 6.45) is 0.516. The molecule has 4 nitrogen and oxygen atoms in total. The summed E-state index contributed by atoms with van der Waals surface area (Å²) in [5, 5.41) is 9.87. The molecule has 5 heteroatoms. The molecule has 1 aromatic rings. The lowest BCUT2D eigenvalue weighted by Crippen LogP contribution is -2.26. The molecule has 1 fully saturated rings. The number of halogens is 1. The second-order valence-corrected chi connectivity index (χ2v) is 5.13. The number of benzene rings is 1. The number of carbonyl (C=O) groups is 2. The lowest BCUT2D eigenvalue weighted by atomic mass is 10.1. The van der Waals surface area contributed by atoms with Crippen molar-refractivity contribution in [2.75, 3.05) is 16.8 Å². The molecule has 1 amide bonds. The maximum atomic E-state index is 11.9. The number of amides is 1. The van der Waals surface area contributed by atoms with Crippen molar-refractivity contribution in [2.45, 2.75) is 13.3 Å². The highest BCUT2D eigenvalue weighted by Crippen LogP contribution is 2.30. The molecule has 1 aliphatic heterocycles. The minimum Gasteiger partial charge on any atom is -0.478 e. The van der Waals surface area contributed by atoms with Gasteiger partial charge in [-0.25, -0.2) is 4.79 Å². The molecule has 18 heavy (non-hydrogen) atoms. The molecule has 1 N–H and O–H groups in total. The van der Waals surface area contributed by atoms with Crippen LogP contribution in [0.4, 0.5) is 5.69 Å². The highest BCUT2D eigenvalue weighted by Gasteiger charge is 2.31. The van der Waals surface area contributed by atoms with Crippen LogP contribution >= 0.6 is 15.9 Å². The molecule has 0 saturated carbocycles. The van der Waals surface area contributed by atoms with Crippen molar-refractivity contribution in [2.24, 2.45) is 5.92 Å². The van der Waals surface area contributed by atoms with Crippen molar-refractivity contribution < 1.29 is 14.7 Å². The van der Waals surface area contributed by atoms with E-state index in [-0.39, 0.29) is 11.5 Å². The summed E-state index contributed by atoms with van der Waals surface area (Å²) in [6, 6.07) is 5.04. The second-order valence-electron chi connectivity index (χ2n) is 4.48. The van der Waals surface area contributed by atoms with E-state index in [4.69, 9.17) is 5.11 Å². The molecule has 0 bridgehead atoms. The lowest BCUT2D eigenvalue weighted by molar-refractivity contribution is -0.117. The molecule has 1 atom stereocenters. The Hall–Kier alpha value is -1.36. The molecule has 1 unspecified atom stereocenters. The molecule has 2 rings (SSSR count). The third kappa shape index (κ3) is 2.27. The van der Waals surface area contributed by atoms with Crippen molar-refractivity contribution in [1.82, 2.24) is 0 Å². The lowest BCUT2D eigenvalue weighted by Gasteiger charge is -2.19. The molecular formula is C13H14BrNO3. The van der Waals surface area contributed by atoms with E-state index in [2.05, 4.69) is 15.9 Å². The third-order valence-corrected chi connectivity index (χ3v) is 4.17. The minimum atomic E-state index is -0.960. The summed E-state index contributed by atoms with van der Waals surface area (Å²) in [4.78, 5) is 24.7. The minimum absolute atomic E-state index is 0.0603. The first-order valence-electron chi connectivity index (χ1n) is 5.73. The van der Waals surface area contributed by atoms with Crippen molar-refractivity contribution in [3.8, 4) is 0 Å². The number of carboxylic acid groups (broad SMARTS) is 1. The first-order chi connectivity index (χ1) is 8.54. The fourth-order valence-electron chi connectivity index (χ4n) is 2.27. The van der Waals surface area contributed by atoms with Crippen molar-refractivity contribution in [3.05, 3.63) is 29.3 Å². The number of rotatable bonds is 3.